The van der Waals surface area contributed by atoms with E-state index >= 15 is 0 Å². The molecule has 0 fully saturated rings. The van der Waals surface area contributed by atoms with Crippen molar-refractivity contribution in [2.45, 2.75) is 193 Å². The summed E-state index contributed by atoms with van der Waals surface area (Å²) in [7, 11) is -2.99. The maximum absolute atomic E-state index is 7.04. The largest absolute Gasteiger partial charge is 0.412 e. The summed E-state index contributed by atoms with van der Waals surface area (Å²) in [6.45, 7) is 24.7. The molecule has 2 atom stereocenters. The second kappa shape index (κ2) is 17.8. The van der Waals surface area contributed by atoms with Crippen molar-refractivity contribution in [1.82, 2.24) is 0 Å². The molecule has 33 heavy (non-hydrogen) atoms. The average molecular weight is 499 g/mol. The van der Waals surface area contributed by atoms with Gasteiger partial charge in [0.1, 0.15) is 0 Å². The Labute approximate surface area is 213 Å². The van der Waals surface area contributed by atoms with Crippen molar-refractivity contribution in [3.63, 3.8) is 0 Å². The van der Waals surface area contributed by atoms with Gasteiger partial charge in [0, 0.05) is 5.60 Å². The maximum Gasteiger partial charge on any atom is 0.190 e. The van der Waals surface area contributed by atoms with Crippen LogP contribution in [-0.2, 0) is 4.43 Å². The minimum atomic E-state index is -1.68. The first-order valence-corrected chi connectivity index (χ1v) is 21.3. The Morgan fingerprint density at radius 1 is 0.576 bits per heavy atom. The van der Waals surface area contributed by atoms with E-state index in [1.54, 1.807) is 0 Å². The van der Waals surface area contributed by atoms with Crippen molar-refractivity contribution in [3.05, 3.63) is 0 Å². The van der Waals surface area contributed by atoms with E-state index in [2.05, 4.69) is 67.7 Å². The van der Waals surface area contributed by atoms with Crippen molar-refractivity contribution < 1.29 is 4.43 Å². The third kappa shape index (κ3) is 16.7. The second-order valence-corrected chi connectivity index (χ2v) is 23.0. The Kier molecular flexibility index (Phi) is 18.0. The fourth-order valence-corrected chi connectivity index (χ4v) is 12.0. The summed E-state index contributed by atoms with van der Waals surface area (Å²) in [6, 6.07) is 1.30. The molecule has 0 heterocycles. The van der Waals surface area contributed by atoms with E-state index in [4.69, 9.17) is 4.43 Å². The first kappa shape index (κ1) is 33.4. The predicted molar refractivity (Wildman–Crippen MR) is 159 cm³/mol. The highest BCUT2D eigenvalue weighted by Crippen LogP contribution is 2.39. The van der Waals surface area contributed by atoms with Gasteiger partial charge in [-0.05, 0) is 44.1 Å². The molecule has 200 valence electrons. The fourth-order valence-electron chi connectivity index (χ4n) is 5.67. The topological polar surface area (TPSA) is 9.23 Å². The van der Waals surface area contributed by atoms with Crippen LogP contribution in [0, 0.1) is 0 Å². The van der Waals surface area contributed by atoms with Crippen LogP contribution in [-0.4, -0.2) is 22.0 Å². The number of hydrogen-bond donors (Lipinski definition) is 0. The molecular weight excluding hydrogens is 433 g/mol. The van der Waals surface area contributed by atoms with Gasteiger partial charge in [-0.2, -0.15) is 0 Å². The lowest BCUT2D eigenvalue weighted by atomic mass is 10.1. The van der Waals surface area contributed by atoms with Crippen LogP contribution in [0.2, 0.25) is 43.3 Å². The lowest BCUT2D eigenvalue weighted by molar-refractivity contribution is 0.114. The molecule has 0 saturated heterocycles. The van der Waals surface area contributed by atoms with Crippen molar-refractivity contribution in [3.8, 4) is 0 Å². The van der Waals surface area contributed by atoms with E-state index < -0.39 is 16.4 Å². The normalized spacial score (nSPS) is 15.1. The molecule has 0 amide bonds. The molecule has 1 nitrogen and oxygen atoms in total. The predicted octanol–water partition coefficient (Wildman–Crippen LogP) is 11.8. The number of unbranched alkanes of at least 4 members (excludes halogenated alkanes) is 12. The molecule has 0 radical (unpaired) electrons. The first-order valence-electron chi connectivity index (χ1n) is 15.1. The molecule has 0 aromatic heterocycles. The summed E-state index contributed by atoms with van der Waals surface area (Å²) in [4.78, 5) is 0. The average Bonchev–Trinajstić information content (AvgIpc) is 2.70. The highest BCUT2D eigenvalue weighted by atomic mass is 28.4. The quantitative estimate of drug-likeness (QED) is 0.106. The van der Waals surface area contributed by atoms with Crippen LogP contribution < -0.4 is 0 Å². The highest BCUT2D eigenvalue weighted by molar-refractivity contribution is 6.79. The summed E-state index contributed by atoms with van der Waals surface area (Å²) in [6.07, 6.45) is 22.6. The van der Waals surface area contributed by atoms with Crippen molar-refractivity contribution in [2.24, 2.45) is 0 Å². The summed E-state index contributed by atoms with van der Waals surface area (Å²) < 4.78 is 7.04. The molecular formula is C30H66OSi2. The fraction of sp³-hybridized carbons (Fsp3) is 1.00. The zero-order chi connectivity index (χ0) is 25.4. The lowest BCUT2D eigenvalue weighted by Crippen LogP contribution is -2.48. The molecule has 0 saturated carbocycles. The van der Waals surface area contributed by atoms with Gasteiger partial charge in [-0.1, -0.05) is 144 Å². The molecule has 2 unspecified atom stereocenters. The Hall–Kier alpha value is 0.394. The van der Waals surface area contributed by atoms with E-state index in [0.717, 1.165) is 11.1 Å². The van der Waals surface area contributed by atoms with Gasteiger partial charge in [-0.3, -0.25) is 0 Å². The van der Waals surface area contributed by atoms with Crippen molar-refractivity contribution in [1.29, 1.82) is 0 Å². The third-order valence-electron chi connectivity index (χ3n) is 8.42. The summed E-state index contributed by atoms with van der Waals surface area (Å²) in [5.74, 6) is 0. The Balaban J connectivity index is 4.41. The molecule has 0 aliphatic heterocycles. The first-order chi connectivity index (χ1) is 15.4. The lowest BCUT2D eigenvalue weighted by Gasteiger charge is -2.43. The number of rotatable bonds is 22. The molecule has 0 bridgehead atoms. The molecule has 0 aliphatic carbocycles. The second-order valence-electron chi connectivity index (χ2n) is 13.3. The molecule has 0 N–H and O–H groups in total. The molecule has 0 aromatic carbocycles. The zero-order valence-electron chi connectivity index (χ0n) is 25.1. The molecule has 0 rings (SSSR count). The Morgan fingerprint density at radius 3 is 1.36 bits per heavy atom. The molecule has 0 aromatic rings. The van der Waals surface area contributed by atoms with Gasteiger partial charge >= 0.3 is 0 Å². The van der Waals surface area contributed by atoms with Crippen LogP contribution in [0.5, 0.6) is 0 Å². The monoisotopic (exact) mass is 498 g/mol. The van der Waals surface area contributed by atoms with Crippen LogP contribution in [0.3, 0.4) is 0 Å². The van der Waals surface area contributed by atoms with E-state index in [9.17, 15) is 0 Å². The van der Waals surface area contributed by atoms with Gasteiger partial charge in [0.15, 0.2) is 8.32 Å². The van der Waals surface area contributed by atoms with Gasteiger partial charge in [0.2, 0.25) is 0 Å². The van der Waals surface area contributed by atoms with E-state index in [1.165, 1.54) is 109 Å². The zero-order valence-corrected chi connectivity index (χ0v) is 27.1. The van der Waals surface area contributed by atoms with Gasteiger partial charge in [-0.15, -0.1) is 0 Å². The van der Waals surface area contributed by atoms with E-state index in [0.29, 0.717) is 0 Å². The third-order valence-corrected chi connectivity index (χ3v) is 16.9. The van der Waals surface area contributed by atoms with Crippen LogP contribution in [0.1, 0.15) is 144 Å². The Morgan fingerprint density at radius 2 is 0.939 bits per heavy atom. The molecule has 0 spiro atoms. The van der Waals surface area contributed by atoms with Crippen molar-refractivity contribution >= 4 is 16.4 Å². The van der Waals surface area contributed by atoms with E-state index in [-0.39, 0.29) is 5.60 Å². The van der Waals surface area contributed by atoms with Crippen LogP contribution in [0.15, 0.2) is 0 Å². The SMILES string of the molecule is CCCCCCCCCC(C)[Si](C)(C)CC(C)(C)O[Si](C)(C)C(C)CCCCCCCCC. The highest BCUT2D eigenvalue weighted by Gasteiger charge is 2.40. The number of hydrogen-bond acceptors (Lipinski definition) is 1. The minimum absolute atomic E-state index is 0.0360. The van der Waals surface area contributed by atoms with E-state index in [1.807, 2.05) is 0 Å². The molecule has 0 aliphatic rings. The van der Waals surface area contributed by atoms with Crippen LogP contribution in [0.4, 0.5) is 0 Å². The summed E-state index contributed by atoms with van der Waals surface area (Å²) in [5.41, 5.74) is 1.68. The summed E-state index contributed by atoms with van der Waals surface area (Å²) >= 11 is 0. The van der Waals surface area contributed by atoms with Crippen molar-refractivity contribution in [2.75, 3.05) is 0 Å². The summed E-state index contributed by atoms with van der Waals surface area (Å²) in [5, 5.41) is 0. The maximum atomic E-state index is 7.04. The smallest absolute Gasteiger partial charge is 0.190 e. The van der Waals surface area contributed by atoms with Crippen LogP contribution in [0.25, 0.3) is 0 Å². The van der Waals surface area contributed by atoms with Gasteiger partial charge in [0.25, 0.3) is 0 Å². The standard InChI is InChI=1S/C30H66OSi2/c1-11-13-15-17-19-21-23-25-28(3)32(7,8)27-30(5,6)31-33(9,10)29(4)26-24-22-20-18-16-14-12-2/h28-29H,11-27H2,1-10H3. The van der Waals surface area contributed by atoms with Gasteiger partial charge < -0.3 is 4.43 Å². The van der Waals surface area contributed by atoms with Gasteiger partial charge in [-0.25, -0.2) is 0 Å². The molecule has 3 heteroatoms. The minimum Gasteiger partial charge on any atom is -0.412 e. The van der Waals surface area contributed by atoms with Gasteiger partial charge in [0.05, 0.1) is 8.07 Å². The van der Waals surface area contributed by atoms with Crippen LogP contribution >= 0.6 is 0 Å². The Bertz CT molecular complexity index is 418.